The van der Waals surface area contributed by atoms with Crippen molar-refractivity contribution < 1.29 is 14.3 Å². The van der Waals surface area contributed by atoms with E-state index in [-0.39, 0.29) is 5.91 Å². The molecule has 0 aliphatic rings. The molecule has 154 valence electrons. The smallest absolute Gasteiger partial charge is 0.328 e. The highest BCUT2D eigenvalue weighted by Crippen LogP contribution is 2.21. The van der Waals surface area contributed by atoms with Crippen LogP contribution in [0, 0.1) is 0 Å². The lowest BCUT2D eigenvalue weighted by Gasteiger charge is -2.17. The summed E-state index contributed by atoms with van der Waals surface area (Å²) in [5.41, 5.74) is 3.70. The summed E-state index contributed by atoms with van der Waals surface area (Å²) in [6.07, 6.45) is 0.345. The number of carbonyl (C=O) groups is 2. The van der Waals surface area contributed by atoms with Crippen molar-refractivity contribution >= 4 is 22.6 Å². The van der Waals surface area contributed by atoms with Crippen LogP contribution >= 0.6 is 0 Å². The molecule has 0 spiro atoms. The van der Waals surface area contributed by atoms with Crippen LogP contribution in [0.1, 0.15) is 15.9 Å². The third-order valence-electron chi connectivity index (χ3n) is 5.33. The largest absolute Gasteiger partial charge is 0.467 e. The highest BCUT2D eigenvalue weighted by molar-refractivity contribution is 6.08. The van der Waals surface area contributed by atoms with Crippen LogP contribution in [0.5, 0.6) is 0 Å². The molecule has 4 nitrogen and oxygen atoms in total. The van der Waals surface area contributed by atoms with Gasteiger partial charge in [-0.15, -0.1) is 0 Å². The lowest BCUT2D eigenvalue weighted by Crippen LogP contribution is -2.43. The number of amides is 1. The van der Waals surface area contributed by atoms with Crippen LogP contribution in [-0.4, -0.2) is 25.0 Å². The minimum atomic E-state index is -0.779. The van der Waals surface area contributed by atoms with E-state index in [9.17, 15) is 9.59 Å². The van der Waals surface area contributed by atoms with Gasteiger partial charge in [0, 0.05) is 12.0 Å². The van der Waals surface area contributed by atoms with Crippen LogP contribution in [0.15, 0.2) is 97.1 Å². The predicted molar refractivity (Wildman–Crippen MR) is 123 cm³/mol. The van der Waals surface area contributed by atoms with Crippen molar-refractivity contribution in [3.05, 3.63) is 108 Å². The van der Waals surface area contributed by atoms with Gasteiger partial charge in [-0.25, -0.2) is 4.79 Å². The van der Waals surface area contributed by atoms with Crippen molar-refractivity contribution in [2.75, 3.05) is 7.11 Å². The minimum Gasteiger partial charge on any atom is -0.467 e. The molecule has 31 heavy (non-hydrogen) atoms. The number of hydrogen-bond acceptors (Lipinski definition) is 3. The summed E-state index contributed by atoms with van der Waals surface area (Å²) in [4.78, 5) is 25.4. The Bertz CT molecular complexity index is 1190. The van der Waals surface area contributed by atoms with E-state index in [0.717, 1.165) is 27.5 Å². The predicted octanol–water partition coefficient (Wildman–Crippen LogP) is 5.02. The van der Waals surface area contributed by atoms with Gasteiger partial charge >= 0.3 is 5.97 Å². The van der Waals surface area contributed by atoms with Gasteiger partial charge in [0.2, 0.25) is 0 Å². The van der Waals surface area contributed by atoms with Crippen molar-refractivity contribution in [2.24, 2.45) is 0 Å². The van der Waals surface area contributed by atoms with Crippen molar-refractivity contribution in [3.8, 4) is 11.1 Å². The second kappa shape index (κ2) is 9.26. The van der Waals surface area contributed by atoms with Crippen LogP contribution in [0.4, 0.5) is 0 Å². The van der Waals surface area contributed by atoms with Gasteiger partial charge in [0.1, 0.15) is 6.04 Å². The third kappa shape index (κ3) is 4.64. The minimum absolute atomic E-state index is 0.298. The molecule has 4 aromatic carbocycles. The first-order valence-electron chi connectivity index (χ1n) is 10.2. The molecule has 4 heteroatoms. The maximum atomic E-state index is 13.0. The summed E-state index contributed by atoms with van der Waals surface area (Å²) in [6, 6.07) is 30.5. The molecule has 0 aliphatic carbocycles. The summed E-state index contributed by atoms with van der Waals surface area (Å²) in [7, 11) is 1.33. The Morgan fingerprint density at radius 2 is 1.42 bits per heavy atom. The molecule has 0 fully saturated rings. The number of carbonyl (C=O) groups excluding carboxylic acids is 2. The van der Waals surface area contributed by atoms with Gasteiger partial charge < -0.3 is 10.1 Å². The van der Waals surface area contributed by atoms with E-state index in [2.05, 4.69) is 17.4 Å². The van der Waals surface area contributed by atoms with Gasteiger partial charge in [-0.2, -0.15) is 0 Å². The summed E-state index contributed by atoms with van der Waals surface area (Å²) >= 11 is 0. The van der Waals surface area contributed by atoms with Gasteiger partial charge in [0.15, 0.2) is 0 Å². The maximum absolute atomic E-state index is 13.0. The molecule has 4 rings (SSSR count). The normalized spacial score (nSPS) is 11.6. The van der Waals surface area contributed by atoms with Gasteiger partial charge in [0.05, 0.1) is 7.11 Å². The van der Waals surface area contributed by atoms with Crippen LogP contribution < -0.4 is 5.32 Å². The zero-order valence-electron chi connectivity index (χ0n) is 17.2. The molecule has 0 aromatic heterocycles. The van der Waals surface area contributed by atoms with Crippen molar-refractivity contribution in [1.82, 2.24) is 5.32 Å². The summed E-state index contributed by atoms with van der Waals surface area (Å²) in [5.74, 6) is -0.770. The number of hydrogen-bond donors (Lipinski definition) is 1. The molecular formula is C27H23NO3. The first-order chi connectivity index (χ1) is 15.2. The van der Waals surface area contributed by atoms with E-state index in [1.165, 1.54) is 7.11 Å². The van der Waals surface area contributed by atoms with E-state index >= 15 is 0 Å². The lowest BCUT2D eigenvalue weighted by molar-refractivity contribution is -0.142. The van der Waals surface area contributed by atoms with Crippen molar-refractivity contribution in [1.29, 1.82) is 0 Å². The molecule has 1 amide bonds. The van der Waals surface area contributed by atoms with Gasteiger partial charge in [-0.1, -0.05) is 91.0 Å². The summed E-state index contributed by atoms with van der Waals surface area (Å²) < 4.78 is 4.95. The van der Waals surface area contributed by atoms with Gasteiger partial charge in [0.25, 0.3) is 5.91 Å². The molecule has 1 atom stereocenters. The first-order valence-corrected chi connectivity index (χ1v) is 10.2. The zero-order chi connectivity index (χ0) is 21.6. The Morgan fingerprint density at radius 3 is 2.16 bits per heavy atom. The Kier molecular flexibility index (Phi) is 6.08. The Labute approximate surface area is 181 Å². The van der Waals surface area contributed by atoms with Crippen LogP contribution in [-0.2, 0) is 16.0 Å². The lowest BCUT2D eigenvalue weighted by atomic mass is 10.00. The van der Waals surface area contributed by atoms with Crippen LogP contribution in [0.3, 0.4) is 0 Å². The van der Waals surface area contributed by atoms with Gasteiger partial charge in [-0.05, 0) is 33.5 Å². The molecule has 0 bridgehead atoms. The van der Waals surface area contributed by atoms with E-state index in [1.54, 1.807) is 6.07 Å². The van der Waals surface area contributed by atoms with Crippen molar-refractivity contribution in [2.45, 2.75) is 12.5 Å². The number of nitrogens with one attached hydrogen (secondary N) is 1. The fourth-order valence-electron chi connectivity index (χ4n) is 3.69. The average molecular weight is 409 g/mol. The van der Waals surface area contributed by atoms with E-state index in [1.807, 2.05) is 78.9 Å². The number of ether oxygens (including phenoxy) is 1. The second-order valence-electron chi connectivity index (χ2n) is 7.34. The van der Waals surface area contributed by atoms with E-state index in [0.29, 0.717) is 12.0 Å². The molecule has 0 heterocycles. The number of rotatable bonds is 6. The molecule has 1 N–H and O–H groups in total. The topological polar surface area (TPSA) is 55.4 Å². The maximum Gasteiger partial charge on any atom is 0.328 e. The first kappa shape index (κ1) is 20.4. The molecule has 0 saturated carbocycles. The molecule has 0 aliphatic heterocycles. The van der Waals surface area contributed by atoms with E-state index in [4.69, 9.17) is 4.74 Å². The Balaban J connectivity index is 1.54. The number of esters is 1. The fourth-order valence-corrected chi connectivity index (χ4v) is 3.69. The average Bonchev–Trinajstić information content (AvgIpc) is 2.83. The summed E-state index contributed by atoms with van der Waals surface area (Å²) in [6.45, 7) is 0. The van der Waals surface area contributed by atoms with Gasteiger partial charge in [-0.3, -0.25) is 4.79 Å². The van der Waals surface area contributed by atoms with Crippen LogP contribution in [0.2, 0.25) is 0 Å². The number of fused-ring (bicyclic) bond motifs is 1. The van der Waals surface area contributed by atoms with Crippen LogP contribution in [0.25, 0.3) is 21.9 Å². The molecular weight excluding hydrogens is 386 g/mol. The highest BCUT2D eigenvalue weighted by Gasteiger charge is 2.23. The number of methoxy groups -OCH3 is 1. The molecule has 0 saturated heterocycles. The molecule has 0 unspecified atom stereocenters. The zero-order valence-corrected chi connectivity index (χ0v) is 17.2. The standard InChI is InChI=1S/C27H23NO3/c1-31-27(30)25(18-19-14-16-21(17-15-19)20-8-3-2-4-9-20)28-26(29)24-13-7-11-22-10-5-6-12-23(22)24/h2-17,25H,18H2,1H3,(H,28,29)/t25-/m1/s1. The Hall–Kier alpha value is -3.92. The van der Waals surface area contributed by atoms with E-state index < -0.39 is 12.0 Å². The quantitative estimate of drug-likeness (QED) is 0.455. The Morgan fingerprint density at radius 1 is 0.774 bits per heavy atom. The SMILES string of the molecule is COC(=O)[C@@H](Cc1ccc(-c2ccccc2)cc1)NC(=O)c1cccc2ccccc12. The van der Waals surface area contributed by atoms with Crippen molar-refractivity contribution in [3.63, 3.8) is 0 Å². The second-order valence-corrected chi connectivity index (χ2v) is 7.34. The summed E-state index contributed by atoms with van der Waals surface area (Å²) in [5, 5.41) is 4.68. The monoisotopic (exact) mass is 409 g/mol. The molecule has 0 radical (unpaired) electrons. The highest BCUT2D eigenvalue weighted by atomic mass is 16.5. The molecule has 4 aromatic rings. The number of benzene rings is 4. The third-order valence-corrected chi connectivity index (χ3v) is 5.33. The fraction of sp³-hybridized carbons (Fsp3) is 0.111.